The van der Waals surface area contributed by atoms with Crippen LogP contribution in [0.25, 0.3) is 0 Å². The SMILES string of the molecule is COCC1(C)OC(c2ccccc2C)=Nc2ccccc21. The van der Waals surface area contributed by atoms with E-state index in [1.807, 2.05) is 49.4 Å². The summed E-state index contributed by atoms with van der Waals surface area (Å²) in [5.41, 5.74) is 3.65. The Balaban J connectivity index is 2.13. The second kappa shape index (κ2) is 5.34. The van der Waals surface area contributed by atoms with Gasteiger partial charge in [0.2, 0.25) is 5.90 Å². The van der Waals surface area contributed by atoms with Crippen LogP contribution in [0.3, 0.4) is 0 Å². The molecule has 2 aromatic carbocycles. The van der Waals surface area contributed by atoms with Crippen LogP contribution >= 0.6 is 0 Å². The van der Waals surface area contributed by atoms with Gasteiger partial charge in [0.25, 0.3) is 0 Å². The minimum atomic E-state index is -0.523. The molecule has 3 rings (SSSR count). The van der Waals surface area contributed by atoms with Gasteiger partial charge in [-0.2, -0.15) is 0 Å². The molecule has 108 valence electrons. The number of benzene rings is 2. The number of rotatable bonds is 3. The highest BCUT2D eigenvalue weighted by Crippen LogP contribution is 2.38. The number of methoxy groups -OCH3 is 1. The second-order valence-electron chi connectivity index (χ2n) is 5.51. The van der Waals surface area contributed by atoms with Gasteiger partial charge in [-0.25, -0.2) is 4.99 Å². The maximum absolute atomic E-state index is 6.23. The molecule has 0 radical (unpaired) electrons. The van der Waals surface area contributed by atoms with E-state index in [0.29, 0.717) is 12.5 Å². The third-order valence-electron chi connectivity index (χ3n) is 3.81. The van der Waals surface area contributed by atoms with Crippen LogP contribution in [0.1, 0.15) is 23.6 Å². The molecule has 0 fully saturated rings. The third kappa shape index (κ3) is 2.45. The lowest BCUT2D eigenvalue weighted by molar-refractivity contribution is -0.0108. The van der Waals surface area contributed by atoms with Crippen molar-refractivity contribution in [2.24, 2.45) is 4.99 Å². The van der Waals surface area contributed by atoms with Crippen molar-refractivity contribution in [3.8, 4) is 0 Å². The van der Waals surface area contributed by atoms with Gasteiger partial charge in [0.05, 0.1) is 12.3 Å². The molecule has 0 spiro atoms. The Bertz CT molecular complexity index is 693. The first-order chi connectivity index (χ1) is 10.1. The molecule has 21 heavy (non-hydrogen) atoms. The number of hydrogen-bond acceptors (Lipinski definition) is 3. The Labute approximate surface area is 125 Å². The molecule has 1 aliphatic heterocycles. The van der Waals surface area contributed by atoms with Gasteiger partial charge in [-0.1, -0.05) is 36.4 Å². The van der Waals surface area contributed by atoms with Crippen molar-refractivity contribution in [3.05, 3.63) is 65.2 Å². The van der Waals surface area contributed by atoms with E-state index < -0.39 is 5.60 Å². The predicted octanol–water partition coefficient (Wildman–Crippen LogP) is 3.97. The number of aryl methyl sites for hydroxylation is 1. The first-order valence-corrected chi connectivity index (χ1v) is 7.06. The number of hydrogen-bond donors (Lipinski definition) is 0. The topological polar surface area (TPSA) is 30.8 Å². The van der Waals surface area contributed by atoms with E-state index in [-0.39, 0.29) is 0 Å². The first kappa shape index (κ1) is 13.8. The number of fused-ring (bicyclic) bond motifs is 1. The summed E-state index contributed by atoms with van der Waals surface area (Å²) in [6.07, 6.45) is 0. The summed E-state index contributed by atoms with van der Waals surface area (Å²) in [6.45, 7) is 4.59. The largest absolute Gasteiger partial charge is 0.463 e. The van der Waals surface area contributed by atoms with E-state index in [9.17, 15) is 0 Å². The van der Waals surface area contributed by atoms with Crippen LogP contribution < -0.4 is 0 Å². The van der Waals surface area contributed by atoms with Crippen LogP contribution in [0.4, 0.5) is 5.69 Å². The first-order valence-electron chi connectivity index (χ1n) is 7.06. The molecule has 1 unspecified atom stereocenters. The smallest absolute Gasteiger partial charge is 0.222 e. The van der Waals surface area contributed by atoms with Crippen LogP contribution in [0.15, 0.2) is 53.5 Å². The molecule has 0 bridgehead atoms. The van der Waals surface area contributed by atoms with Crippen LogP contribution in [0.5, 0.6) is 0 Å². The van der Waals surface area contributed by atoms with Gasteiger partial charge in [-0.3, -0.25) is 0 Å². The fraction of sp³-hybridized carbons (Fsp3) is 0.278. The average molecular weight is 281 g/mol. The Morgan fingerprint density at radius 1 is 1.10 bits per heavy atom. The summed E-state index contributed by atoms with van der Waals surface area (Å²) in [6, 6.07) is 16.2. The molecular formula is C18H19NO2. The predicted molar refractivity (Wildman–Crippen MR) is 84.1 cm³/mol. The second-order valence-corrected chi connectivity index (χ2v) is 5.51. The van der Waals surface area contributed by atoms with Gasteiger partial charge in [-0.15, -0.1) is 0 Å². The molecule has 1 aliphatic rings. The van der Waals surface area contributed by atoms with E-state index in [4.69, 9.17) is 14.5 Å². The van der Waals surface area contributed by atoms with Crippen LogP contribution in [-0.2, 0) is 15.1 Å². The van der Waals surface area contributed by atoms with Crippen molar-refractivity contribution >= 4 is 11.6 Å². The van der Waals surface area contributed by atoms with E-state index >= 15 is 0 Å². The van der Waals surface area contributed by atoms with Gasteiger partial charge in [-0.05, 0) is 31.5 Å². The van der Waals surface area contributed by atoms with Crippen molar-refractivity contribution in [3.63, 3.8) is 0 Å². The van der Waals surface area contributed by atoms with E-state index in [0.717, 1.165) is 22.4 Å². The molecule has 2 aromatic rings. The number of ether oxygens (including phenoxy) is 2. The lowest BCUT2D eigenvalue weighted by Gasteiger charge is -2.35. The molecule has 0 aromatic heterocycles. The van der Waals surface area contributed by atoms with Crippen LogP contribution in [0, 0.1) is 6.92 Å². The van der Waals surface area contributed by atoms with Crippen LogP contribution in [-0.4, -0.2) is 19.6 Å². The highest BCUT2D eigenvalue weighted by atomic mass is 16.5. The fourth-order valence-electron chi connectivity index (χ4n) is 2.73. The minimum absolute atomic E-state index is 0.481. The number of nitrogens with zero attached hydrogens (tertiary/aromatic N) is 1. The Morgan fingerprint density at radius 3 is 2.57 bits per heavy atom. The average Bonchev–Trinajstić information content (AvgIpc) is 2.48. The van der Waals surface area contributed by atoms with Crippen molar-refractivity contribution in [1.82, 2.24) is 0 Å². The molecular weight excluding hydrogens is 262 g/mol. The quantitative estimate of drug-likeness (QED) is 0.852. The molecule has 0 saturated heterocycles. The molecule has 3 heteroatoms. The van der Waals surface area contributed by atoms with Gasteiger partial charge < -0.3 is 9.47 Å². The summed E-state index contributed by atoms with van der Waals surface area (Å²) in [7, 11) is 1.69. The normalized spacial score (nSPS) is 20.4. The number of aliphatic imine (C=N–C) groups is 1. The Kier molecular flexibility index (Phi) is 3.52. The zero-order valence-electron chi connectivity index (χ0n) is 12.6. The van der Waals surface area contributed by atoms with Crippen LogP contribution in [0.2, 0.25) is 0 Å². The minimum Gasteiger partial charge on any atom is -0.463 e. The summed E-state index contributed by atoms with van der Waals surface area (Å²) < 4.78 is 11.6. The van der Waals surface area contributed by atoms with E-state index in [1.165, 1.54) is 0 Å². The molecule has 1 heterocycles. The van der Waals surface area contributed by atoms with Gasteiger partial charge >= 0.3 is 0 Å². The van der Waals surface area contributed by atoms with Crippen molar-refractivity contribution in [1.29, 1.82) is 0 Å². The summed E-state index contributed by atoms with van der Waals surface area (Å²) >= 11 is 0. The fourth-order valence-corrected chi connectivity index (χ4v) is 2.73. The van der Waals surface area contributed by atoms with Crippen molar-refractivity contribution < 1.29 is 9.47 Å². The van der Waals surface area contributed by atoms with Gasteiger partial charge in [0.15, 0.2) is 5.60 Å². The lowest BCUT2D eigenvalue weighted by atomic mass is 9.93. The molecule has 0 aliphatic carbocycles. The molecule has 0 amide bonds. The Hall–Kier alpha value is -2.13. The molecule has 1 atom stereocenters. The summed E-state index contributed by atoms with van der Waals surface area (Å²) in [5, 5.41) is 0. The van der Waals surface area contributed by atoms with Gasteiger partial charge in [0, 0.05) is 18.2 Å². The highest BCUT2D eigenvalue weighted by Gasteiger charge is 2.36. The summed E-state index contributed by atoms with van der Waals surface area (Å²) in [4.78, 5) is 4.69. The number of para-hydroxylation sites is 1. The molecule has 0 N–H and O–H groups in total. The van der Waals surface area contributed by atoms with E-state index in [2.05, 4.69) is 13.0 Å². The van der Waals surface area contributed by atoms with Crippen molar-refractivity contribution in [2.45, 2.75) is 19.4 Å². The zero-order valence-corrected chi connectivity index (χ0v) is 12.6. The van der Waals surface area contributed by atoms with E-state index in [1.54, 1.807) is 7.11 Å². The lowest BCUT2D eigenvalue weighted by Crippen LogP contribution is -2.36. The van der Waals surface area contributed by atoms with Gasteiger partial charge in [0.1, 0.15) is 0 Å². The summed E-state index contributed by atoms with van der Waals surface area (Å²) in [5.74, 6) is 0.659. The molecule has 0 saturated carbocycles. The third-order valence-corrected chi connectivity index (χ3v) is 3.81. The molecule has 3 nitrogen and oxygen atoms in total. The maximum atomic E-state index is 6.23. The Morgan fingerprint density at radius 2 is 1.81 bits per heavy atom. The monoisotopic (exact) mass is 281 g/mol. The zero-order chi connectivity index (χ0) is 14.9. The van der Waals surface area contributed by atoms with Crippen molar-refractivity contribution in [2.75, 3.05) is 13.7 Å². The maximum Gasteiger partial charge on any atom is 0.222 e. The highest BCUT2D eigenvalue weighted by molar-refractivity contribution is 5.98. The standard InChI is InChI=1S/C18H19NO2/c1-13-8-4-5-9-14(13)17-19-16-11-7-6-10-15(16)18(2,21-17)12-20-3/h4-11H,12H2,1-3H3.